The highest BCUT2D eigenvalue weighted by Crippen LogP contribution is 2.37. The van der Waals surface area contributed by atoms with Crippen LogP contribution in [0.25, 0.3) is 0 Å². The van der Waals surface area contributed by atoms with E-state index in [4.69, 9.17) is 10.2 Å². The summed E-state index contributed by atoms with van der Waals surface area (Å²) in [5.41, 5.74) is -1.79. The molecule has 0 aromatic carbocycles. The standard InChI is InChI=1S/C11H14O4/c1-2-5-8-6-3-4-7-11(8,9(12)13)10(14)15/h3-4,6-8H,2,5H2,1H3,(H,12,13)(H,14,15). The van der Waals surface area contributed by atoms with E-state index in [-0.39, 0.29) is 0 Å². The third kappa shape index (κ3) is 1.79. The van der Waals surface area contributed by atoms with Gasteiger partial charge in [0.05, 0.1) is 0 Å². The molecule has 1 unspecified atom stereocenters. The van der Waals surface area contributed by atoms with Gasteiger partial charge in [-0.3, -0.25) is 9.59 Å². The van der Waals surface area contributed by atoms with Gasteiger partial charge in [0.25, 0.3) is 0 Å². The summed E-state index contributed by atoms with van der Waals surface area (Å²) in [6.07, 6.45) is 7.41. The summed E-state index contributed by atoms with van der Waals surface area (Å²) in [7, 11) is 0. The summed E-state index contributed by atoms with van der Waals surface area (Å²) in [4.78, 5) is 22.3. The topological polar surface area (TPSA) is 74.6 Å². The Labute approximate surface area is 87.9 Å². The summed E-state index contributed by atoms with van der Waals surface area (Å²) in [5, 5.41) is 18.2. The molecule has 2 N–H and O–H groups in total. The Morgan fingerprint density at radius 2 is 1.87 bits per heavy atom. The minimum absolute atomic E-state index is 0.470. The predicted molar refractivity (Wildman–Crippen MR) is 54.4 cm³/mol. The first kappa shape index (κ1) is 11.5. The molecule has 0 radical (unpaired) electrons. The minimum atomic E-state index is -1.79. The van der Waals surface area contributed by atoms with E-state index >= 15 is 0 Å². The fourth-order valence-corrected chi connectivity index (χ4v) is 1.87. The Balaban J connectivity index is 3.13. The second-order valence-electron chi connectivity index (χ2n) is 3.62. The van der Waals surface area contributed by atoms with Crippen LogP contribution >= 0.6 is 0 Å². The highest BCUT2D eigenvalue weighted by atomic mass is 16.4. The van der Waals surface area contributed by atoms with Crippen LogP contribution in [0.15, 0.2) is 24.3 Å². The molecule has 4 nitrogen and oxygen atoms in total. The molecule has 4 heteroatoms. The quantitative estimate of drug-likeness (QED) is 0.692. The van der Waals surface area contributed by atoms with Gasteiger partial charge in [-0.25, -0.2) is 0 Å². The molecule has 0 aromatic heterocycles. The van der Waals surface area contributed by atoms with E-state index in [0.29, 0.717) is 6.42 Å². The maximum Gasteiger partial charge on any atom is 0.325 e. The van der Waals surface area contributed by atoms with Crippen molar-refractivity contribution in [2.45, 2.75) is 19.8 Å². The molecule has 0 saturated carbocycles. The molecule has 0 amide bonds. The highest BCUT2D eigenvalue weighted by molar-refractivity contribution is 6.01. The van der Waals surface area contributed by atoms with E-state index in [1.165, 1.54) is 12.2 Å². The van der Waals surface area contributed by atoms with Crippen molar-refractivity contribution in [3.05, 3.63) is 24.3 Å². The molecule has 0 aliphatic heterocycles. The van der Waals surface area contributed by atoms with Crippen LogP contribution in [-0.4, -0.2) is 22.2 Å². The van der Waals surface area contributed by atoms with Crippen molar-refractivity contribution in [1.29, 1.82) is 0 Å². The first-order valence-corrected chi connectivity index (χ1v) is 4.88. The molecule has 0 saturated heterocycles. The zero-order valence-corrected chi connectivity index (χ0v) is 8.51. The van der Waals surface area contributed by atoms with Crippen molar-refractivity contribution in [1.82, 2.24) is 0 Å². The molecule has 82 valence electrons. The number of rotatable bonds is 4. The number of carboxylic acids is 2. The molecular formula is C11H14O4. The number of aliphatic carboxylic acids is 2. The summed E-state index contributed by atoms with van der Waals surface area (Å²) < 4.78 is 0. The van der Waals surface area contributed by atoms with Crippen LogP contribution in [0.1, 0.15) is 19.8 Å². The Hall–Kier alpha value is -1.58. The lowest BCUT2D eigenvalue weighted by Crippen LogP contribution is -2.44. The van der Waals surface area contributed by atoms with Gasteiger partial charge >= 0.3 is 11.9 Å². The van der Waals surface area contributed by atoms with Crippen LogP contribution in [0.5, 0.6) is 0 Å². The number of hydrogen-bond acceptors (Lipinski definition) is 2. The van der Waals surface area contributed by atoms with Crippen LogP contribution in [0.4, 0.5) is 0 Å². The Morgan fingerprint density at radius 3 is 2.33 bits per heavy atom. The van der Waals surface area contributed by atoms with E-state index in [2.05, 4.69) is 0 Å². The molecular weight excluding hydrogens is 196 g/mol. The summed E-state index contributed by atoms with van der Waals surface area (Å²) in [6.45, 7) is 1.90. The van der Waals surface area contributed by atoms with Gasteiger partial charge in [-0.2, -0.15) is 0 Å². The largest absolute Gasteiger partial charge is 0.480 e. The third-order valence-electron chi connectivity index (χ3n) is 2.71. The van der Waals surface area contributed by atoms with Crippen molar-refractivity contribution in [3.8, 4) is 0 Å². The molecule has 0 heterocycles. The van der Waals surface area contributed by atoms with E-state index in [0.717, 1.165) is 6.42 Å². The number of carboxylic acid groups (broad SMARTS) is 2. The van der Waals surface area contributed by atoms with E-state index in [9.17, 15) is 9.59 Å². The predicted octanol–water partition coefficient (Wildman–Crippen LogP) is 1.68. The Bertz CT molecular complexity index is 313. The Morgan fingerprint density at radius 1 is 1.27 bits per heavy atom. The lowest BCUT2D eigenvalue weighted by atomic mass is 9.71. The Kier molecular flexibility index (Phi) is 3.29. The van der Waals surface area contributed by atoms with Gasteiger partial charge in [0.15, 0.2) is 5.41 Å². The lowest BCUT2D eigenvalue weighted by molar-refractivity contribution is -0.163. The van der Waals surface area contributed by atoms with Gasteiger partial charge in [0.2, 0.25) is 0 Å². The van der Waals surface area contributed by atoms with E-state index < -0.39 is 23.3 Å². The smallest absolute Gasteiger partial charge is 0.325 e. The van der Waals surface area contributed by atoms with Crippen molar-refractivity contribution in [3.63, 3.8) is 0 Å². The minimum Gasteiger partial charge on any atom is -0.480 e. The zero-order valence-electron chi connectivity index (χ0n) is 8.51. The third-order valence-corrected chi connectivity index (χ3v) is 2.71. The molecule has 1 aliphatic rings. The summed E-state index contributed by atoms with van der Waals surface area (Å²) in [6, 6.07) is 0. The summed E-state index contributed by atoms with van der Waals surface area (Å²) in [5.74, 6) is -3.06. The van der Waals surface area contributed by atoms with Crippen molar-refractivity contribution in [2.75, 3.05) is 0 Å². The van der Waals surface area contributed by atoms with Gasteiger partial charge in [-0.15, -0.1) is 0 Å². The van der Waals surface area contributed by atoms with Gasteiger partial charge in [0, 0.05) is 5.92 Å². The van der Waals surface area contributed by atoms with Crippen LogP contribution in [-0.2, 0) is 9.59 Å². The van der Waals surface area contributed by atoms with Crippen LogP contribution in [0.3, 0.4) is 0 Å². The fourth-order valence-electron chi connectivity index (χ4n) is 1.87. The molecule has 0 aromatic rings. The van der Waals surface area contributed by atoms with Crippen molar-refractivity contribution >= 4 is 11.9 Å². The average Bonchev–Trinajstić information content (AvgIpc) is 2.18. The van der Waals surface area contributed by atoms with Gasteiger partial charge < -0.3 is 10.2 Å². The molecule has 1 aliphatic carbocycles. The second-order valence-corrected chi connectivity index (χ2v) is 3.62. The highest BCUT2D eigenvalue weighted by Gasteiger charge is 2.50. The van der Waals surface area contributed by atoms with Crippen molar-refractivity contribution < 1.29 is 19.8 Å². The molecule has 1 rings (SSSR count). The van der Waals surface area contributed by atoms with Crippen molar-refractivity contribution in [2.24, 2.45) is 11.3 Å². The van der Waals surface area contributed by atoms with Gasteiger partial charge in [0.1, 0.15) is 0 Å². The van der Waals surface area contributed by atoms with Crippen LogP contribution < -0.4 is 0 Å². The number of hydrogen-bond donors (Lipinski definition) is 2. The van der Waals surface area contributed by atoms with Gasteiger partial charge in [-0.1, -0.05) is 37.6 Å². The summed E-state index contributed by atoms with van der Waals surface area (Å²) >= 11 is 0. The van der Waals surface area contributed by atoms with E-state index in [1.54, 1.807) is 12.2 Å². The average molecular weight is 210 g/mol. The first-order chi connectivity index (χ1) is 7.05. The molecule has 15 heavy (non-hydrogen) atoms. The first-order valence-electron chi connectivity index (χ1n) is 4.88. The number of allylic oxidation sites excluding steroid dienone is 3. The van der Waals surface area contributed by atoms with Crippen LogP contribution in [0, 0.1) is 11.3 Å². The zero-order chi connectivity index (χ0) is 11.5. The molecule has 1 atom stereocenters. The van der Waals surface area contributed by atoms with Gasteiger partial charge in [-0.05, 0) is 6.42 Å². The van der Waals surface area contributed by atoms with Crippen LogP contribution in [0.2, 0.25) is 0 Å². The molecule has 0 bridgehead atoms. The second kappa shape index (κ2) is 4.29. The maximum atomic E-state index is 11.1. The molecule has 0 fully saturated rings. The lowest BCUT2D eigenvalue weighted by Gasteiger charge is -2.30. The fraction of sp³-hybridized carbons (Fsp3) is 0.455. The SMILES string of the molecule is CCCC1C=CC=CC1(C(=O)O)C(=O)O. The van der Waals surface area contributed by atoms with E-state index in [1.807, 2.05) is 6.92 Å². The number of carbonyl (C=O) groups is 2. The monoisotopic (exact) mass is 210 g/mol. The maximum absolute atomic E-state index is 11.1. The normalized spacial score (nSPS) is 22.6. The molecule has 0 spiro atoms.